The van der Waals surface area contributed by atoms with Crippen LogP contribution in [0.5, 0.6) is 0 Å². The Bertz CT molecular complexity index is 573. The largest absolute Gasteiger partial charge is 0.480 e. The molecule has 0 aromatic heterocycles. The number of hydrogen-bond donors (Lipinski definition) is 1. The molecule has 1 aromatic rings. The Morgan fingerprint density at radius 2 is 2.04 bits per heavy atom. The van der Waals surface area contributed by atoms with Crippen molar-refractivity contribution >= 4 is 11.9 Å². The number of likely N-dealkylation sites (N-methyl/N-ethyl adjacent to an activating group) is 1. The van der Waals surface area contributed by atoms with Gasteiger partial charge in [-0.15, -0.1) is 0 Å². The highest BCUT2D eigenvalue weighted by atomic mass is 16.5. The monoisotopic (exact) mass is 348 g/mol. The van der Waals surface area contributed by atoms with Crippen molar-refractivity contribution in [3.05, 3.63) is 35.4 Å². The number of benzene rings is 1. The van der Waals surface area contributed by atoms with E-state index in [2.05, 4.69) is 31.2 Å². The number of rotatable bonds is 8. The van der Waals surface area contributed by atoms with Gasteiger partial charge in [0.15, 0.2) is 0 Å². The van der Waals surface area contributed by atoms with Crippen LogP contribution in [0.15, 0.2) is 24.3 Å². The minimum atomic E-state index is -0.859. The van der Waals surface area contributed by atoms with E-state index in [0.717, 1.165) is 12.8 Å². The smallest absolute Gasteiger partial charge is 0.317 e. The third-order valence-corrected chi connectivity index (χ3v) is 4.39. The summed E-state index contributed by atoms with van der Waals surface area (Å²) in [4.78, 5) is 26.7. The van der Waals surface area contributed by atoms with Crippen LogP contribution in [0, 0.1) is 6.92 Å². The van der Waals surface area contributed by atoms with Gasteiger partial charge in [0.1, 0.15) is 0 Å². The van der Waals surface area contributed by atoms with Crippen molar-refractivity contribution in [1.82, 2.24) is 9.80 Å². The van der Waals surface area contributed by atoms with Gasteiger partial charge < -0.3 is 14.7 Å². The molecule has 1 atom stereocenters. The Labute approximate surface area is 149 Å². The second kappa shape index (κ2) is 9.53. The molecule has 1 N–H and O–H groups in total. The van der Waals surface area contributed by atoms with Gasteiger partial charge in [0, 0.05) is 26.1 Å². The van der Waals surface area contributed by atoms with Crippen LogP contribution >= 0.6 is 0 Å². The van der Waals surface area contributed by atoms with E-state index in [-0.39, 0.29) is 18.6 Å². The molecule has 1 saturated heterocycles. The first-order valence-corrected chi connectivity index (χ1v) is 8.79. The highest BCUT2D eigenvalue weighted by Crippen LogP contribution is 2.11. The molecule has 1 amide bonds. The lowest BCUT2D eigenvalue weighted by molar-refractivity contribution is -0.142. The average molecular weight is 348 g/mol. The van der Waals surface area contributed by atoms with Crippen molar-refractivity contribution in [2.75, 3.05) is 39.8 Å². The van der Waals surface area contributed by atoms with Crippen LogP contribution < -0.4 is 0 Å². The number of aliphatic carboxylic acids is 1. The molecule has 2 rings (SSSR count). The fourth-order valence-electron chi connectivity index (χ4n) is 3.06. The van der Waals surface area contributed by atoms with Crippen molar-refractivity contribution in [3.8, 4) is 0 Å². The Morgan fingerprint density at radius 1 is 1.32 bits per heavy atom. The second-order valence-corrected chi connectivity index (χ2v) is 6.76. The molecule has 0 saturated carbocycles. The van der Waals surface area contributed by atoms with E-state index < -0.39 is 5.97 Å². The first kappa shape index (κ1) is 19.4. The van der Waals surface area contributed by atoms with E-state index in [1.807, 2.05) is 4.90 Å². The molecule has 25 heavy (non-hydrogen) atoms. The predicted molar refractivity (Wildman–Crippen MR) is 95.6 cm³/mol. The minimum absolute atomic E-state index is 0.0235. The number of carboxylic acid groups (broad SMARTS) is 1. The summed E-state index contributed by atoms with van der Waals surface area (Å²) in [5.74, 6) is -0.705. The minimum Gasteiger partial charge on any atom is -0.480 e. The van der Waals surface area contributed by atoms with Crippen molar-refractivity contribution in [2.45, 2.75) is 32.3 Å². The van der Waals surface area contributed by atoms with Crippen LogP contribution in [0.2, 0.25) is 0 Å². The standard InChI is InChI=1S/C19H28N2O4/c1-15-6-8-16(9-7-15)4-3-5-18(22)21-10-11-25-17(13-21)12-20(2)14-19(23)24/h6-9,17H,3-5,10-14H2,1-2H3,(H,23,24). The summed E-state index contributed by atoms with van der Waals surface area (Å²) in [7, 11) is 1.75. The molecule has 1 aromatic carbocycles. The molecule has 138 valence electrons. The van der Waals surface area contributed by atoms with Gasteiger partial charge in [0.2, 0.25) is 5.91 Å². The number of carbonyl (C=O) groups excluding carboxylic acids is 1. The number of nitrogens with zero attached hydrogens (tertiary/aromatic N) is 2. The first-order chi connectivity index (χ1) is 11.9. The fraction of sp³-hybridized carbons (Fsp3) is 0.579. The van der Waals surface area contributed by atoms with Crippen LogP contribution in [0.3, 0.4) is 0 Å². The van der Waals surface area contributed by atoms with Gasteiger partial charge in [-0.3, -0.25) is 14.5 Å². The molecule has 1 heterocycles. The number of hydrogen-bond acceptors (Lipinski definition) is 4. The van der Waals surface area contributed by atoms with Gasteiger partial charge in [0.05, 0.1) is 19.3 Å². The third kappa shape index (κ3) is 6.84. The van der Waals surface area contributed by atoms with Gasteiger partial charge in [-0.05, 0) is 32.4 Å². The number of amides is 1. The zero-order valence-electron chi connectivity index (χ0n) is 15.1. The van der Waals surface area contributed by atoms with E-state index in [1.165, 1.54) is 11.1 Å². The molecule has 0 bridgehead atoms. The summed E-state index contributed by atoms with van der Waals surface area (Å²) >= 11 is 0. The van der Waals surface area contributed by atoms with E-state index in [0.29, 0.717) is 32.7 Å². The van der Waals surface area contributed by atoms with Crippen molar-refractivity contribution in [2.24, 2.45) is 0 Å². The number of carboxylic acids is 1. The average Bonchev–Trinajstić information content (AvgIpc) is 2.56. The molecule has 0 radical (unpaired) electrons. The van der Waals surface area contributed by atoms with Crippen LogP contribution in [0.4, 0.5) is 0 Å². The Kier molecular flexibility index (Phi) is 7.40. The van der Waals surface area contributed by atoms with E-state index >= 15 is 0 Å². The van der Waals surface area contributed by atoms with E-state index in [1.54, 1.807) is 11.9 Å². The van der Waals surface area contributed by atoms with Gasteiger partial charge >= 0.3 is 5.97 Å². The quantitative estimate of drug-likeness (QED) is 0.772. The van der Waals surface area contributed by atoms with Crippen LogP contribution in [-0.2, 0) is 20.7 Å². The molecule has 1 aliphatic rings. The van der Waals surface area contributed by atoms with E-state index in [9.17, 15) is 9.59 Å². The van der Waals surface area contributed by atoms with Gasteiger partial charge in [-0.25, -0.2) is 0 Å². The maximum Gasteiger partial charge on any atom is 0.317 e. The summed E-state index contributed by atoms with van der Waals surface area (Å²) in [5, 5.41) is 8.81. The number of ether oxygens (including phenoxy) is 1. The lowest BCUT2D eigenvalue weighted by Crippen LogP contribution is -2.49. The second-order valence-electron chi connectivity index (χ2n) is 6.76. The third-order valence-electron chi connectivity index (χ3n) is 4.39. The molecule has 1 fully saturated rings. The molecule has 0 aliphatic carbocycles. The topological polar surface area (TPSA) is 70.1 Å². The predicted octanol–water partition coefficient (Wildman–Crippen LogP) is 1.56. The van der Waals surface area contributed by atoms with E-state index in [4.69, 9.17) is 9.84 Å². The number of aryl methyl sites for hydroxylation is 2. The normalized spacial score (nSPS) is 17.7. The zero-order chi connectivity index (χ0) is 18.2. The molecule has 6 heteroatoms. The lowest BCUT2D eigenvalue weighted by Gasteiger charge is -2.34. The van der Waals surface area contributed by atoms with Crippen molar-refractivity contribution in [1.29, 1.82) is 0 Å². The Balaban J connectivity index is 1.73. The molecular formula is C19H28N2O4. The van der Waals surface area contributed by atoms with Crippen LogP contribution in [-0.4, -0.2) is 72.7 Å². The van der Waals surface area contributed by atoms with Crippen LogP contribution in [0.1, 0.15) is 24.0 Å². The zero-order valence-corrected chi connectivity index (χ0v) is 15.1. The summed E-state index contributed by atoms with van der Waals surface area (Å²) in [5.41, 5.74) is 2.50. The van der Waals surface area contributed by atoms with Crippen molar-refractivity contribution in [3.63, 3.8) is 0 Å². The molecule has 0 spiro atoms. The van der Waals surface area contributed by atoms with Gasteiger partial charge in [0.25, 0.3) is 0 Å². The molecule has 1 aliphatic heterocycles. The summed E-state index contributed by atoms with van der Waals surface area (Å²) in [6.07, 6.45) is 2.15. The number of morpholine rings is 1. The summed E-state index contributed by atoms with van der Waals surface area (Å²) in [6, 6.07) is 8.42. The summed E-state index contributed by atoms with van der Waals surface area (Å²) in [6.45, 7) is 4.21. The SMILES string of the molecule is Cc1ccc(CCCC(=O)N2CCOC(CN(C)CC(=O)O)C2)cc1. The Morgan fingerprint density at radius 3 is 2.72 bits per heavy atom. The number of carbonyl (C=O) groups is 2. The van der Waals surface area contributed by atoms with Gasteiger partial charge in [-0.1, -0.05) is 29.8 Å². The van der Waals surface area contributed by atoms with Crippen molar-refractivity contribution < 1.29 is 19.4 Å². The molecule has 6 nitrogen and oxygen atoms in total. The maximum absolute atomic E-state index is 12.4. The lowest BCUT2D eigenvalue weighted by atomic mass is 10.1. The highest BCUT2D eigenvalue weighted by molar-refractivity contribution is 5.76. The maximum atomic E-state index is 12.4. The molecule has 1 unspecified atom stereocenters. The molecular weight excluding hydrogens is 320 g/mol. The highest BCUT2D eigenvalue weighted by Gasteiger charge is 2.25. The fourth-order valence-corrected chi connectivity index (χ4v) is 3.06. The Hall–Kier alpha value is -1.92. The summed E-state index contributed by atoms with van der Waals surface area (Å²) < 4.78 is 5.67. The van der Waals surface area contributed by atoms with Gasteiger partial charge in [-0.2, -0.15) is 0 Å². The first-order valence-electron chi connectivity index (χ1n) is 8.79. The van der Waals surface area contributed by atoms with Crippen LogP contribution in [0.25, 0.3) is 0 Å².